The fourth-order valence-corrected chi connectivity index (χ4v) is 6.60. The molecule has 2 atom stereocenters. The zero-order valence-corrected chi connectivity index (χ0v) is 13.2. The molecule has 20 heavy (non-hydrogen) atoms. The van der Waals surface area contributed by atoms with Gasteiger partial charge in [-0.1, -0.05) is 0 Å². The second-order valence-electron chi connectivity index (χ2n) is 5.40. The van der Waals surface area contributed by atoms with E-state index in [1.807, 2.05) is 12.3 Å². The van der Waals surface area contributed by atoms with E-state index < -0.39 is 10.0 Å². The van der Waals surface area contributed by atoms with Crippen LogP contribution in [0.25, 0.3) is 0 Å². The number of morpholine rings is 1. The first kappa shape index (κ1) is 14.5. The number of aryl methyl sites for hydroxylation is 1. The van der Waals surface area contributed by atoms with Gasteiger partial charge in [0.05, 0.1) is 18.8 Å². The summed E-state index contributed by atoms with van der Waals surface area (Å²) in [6, 6.07) is -0.00123. The molecule has 0 spiro atoms. The third-order valence-electron chi connectivity index (χ3n) is 4.17. The summed E-state index contributed by atoms with van der Waals surface area (Å²) in [5, 5.41) is 1.88. The van der Waals surface area contributed by atoms with Crippen LogP contribution in [0.1, 0.15) is 29.7 Å². The van der Waals surface area contributed by atoms with Crippen molar-refractivity contribution < 1.29 is 13.2 Å². The molecule has 0 radical (unpaired) electrons. The molecule has 1 saturated carbocycles. The SMILES string of the molecule is Cc1csc(CN)c1S(=O)(=O)N1CCOC2CCCC21. The highest BCUT2D eigenvalue weighted by Gasteiger charge is 2.43. The summed E-state index contributed by atoms with van der Waals surface area (Å²) >= 11 is 1.43. The number of fused-ring (bicyclic) bond motifs is 1. The Morgan fingerprint density at radius 3 is 3.05 bits per heavy atom. The van der Waals surface area contributed by atoms with Crippen LogP contribution in [0.4, 0.5) is 0 Å². The highest BCUT2D eigenvalue weighted by Crippen LogP contribution is 2.36. The van der Waals surface area contributed by atoms with Gasteiger partial charge < -0.3 is 10.5 Å². The van der Waals surface area contributed by atoms with E-state index in [1.54, 1.807) is 4.31 Å². The minimum atomic E-state index is -3.46. The maximum absolute atomic E-state index is 13.0. The van der Waals surface area contributed by atoms with Gasteiger partial charge >= 0.3 is 0 Å². The van der Waals surface area contributed by atoms with Crippen LogP contribution in [-0.4, -0.2) is 38.0 Å². The van der Waals surface area contributed by atoms with Crippen molar-refractivity contribution >= 4 is 21.4 Å². The topological polar surface area (TPSA) is 72.6 Å². The lowest BCUT2D eigenvalue weighted by molar-refractivity contribution is -0.0241. The number of nitrogens with zero attached hydrogens (tertiary/aromatic N) is 1. The van der Waals surface area contributed by atoms with Gasteiger partial charge in [-0.3, -0.25) is 0 Å². The zero-order chi connectivity index (χ0) is 14.3. The highest BCUT2D eigenvalue weighted by molar-refractivity contribution is 7.89. The van der Waals surface area contributed by atoms with Crippen LogP contribution in [-0.2, 0) is 21.3 Å². The fraction of sp³-hybridized carbons (Fsp3) is 0.692. The van der Waals surface area contributed by atoms with Crippen molar-refractivity contribution in [3.05, 3.63) is 15.8 Å². The lowest BCUT2D eigenvalue weighted by atomic mass is 10.2. The first-order valence-electron chi connectivity index (χ1n) is 6.96. The van der Waals surface area contributed by atoms with Gasteiger partial charge in [-0.25, -0.2) is 8.42 Å². The number of thiophene rings is 1. The molecular formula is C13H20N2O3S2. The van der Waals surface area contributed by atoms with Crippen molar-refractivity contribution in [1.82, 2.24) is 4.31 Å². The Balaban J connectivity index is 2.00. The first-order chi connectivity index (χ1) is 9.55. The second-order valence-corrected chi connectivity index (χ2v) is 8.19. The van der Waals surface area contributed by atoms with Gasteiger partial charge in [0.15, 0.2) is 0 Å². The van der Waals surface area contributed by atoms with Crippen LogP contribution in [0.15, 0.2) is 10.3 Å². The number of rotatable bonds is 3. The van der Waals surface area contributed by atoms with E-state index in [4.69, 9.17) is 10.5 Å². The van der Waals surface area contributed by atoms with Gasteiger partial charge in [0.2, 0.25) is 10.0 Å². The summed E-state index contributed by atoms with van der Waals surface area (Å²) in [5.74, 6) is 0. The molecule has 7 heteroatoms. The molecule has 1 aromatic heterocycles. The predicted octanol–water partition coefficient (Wildman–Crippen LogP) is 1.46. The van der Waals surface area contributed by atoms with Gasteiger partial charge in [-0.15, -0.1) is 11.3 Å². The standard InChI is InChI=1S/C13H20N2O3S2/c1-9-8-19-12(7-14)13(9)20(16,17)15-5-6-18-11-4-2-3-10(11)15/h8,10-11H,2-7,14H2,1H3. The lowest BCUT2D eigenvalue weighted by Gasteiger charge is -2.36. The molecule has 2 heterocycles. The van der Waals surface area contributed by atoms with Crippen LogP contribution >= 0.6 is 11.3 Å². The van der Waals surface area contributed by atoms with Crippen LogP contribution in [0.3, 0.4) is 0 Å². The maximum Gasteiger partial charge on any atom is 0.244 e. The Hall–Kier alpha value is -0.470. The lowest BCUT2D eigenvalue weighted by Crippen LogP contribution is -2.51. The molecular weight excluding hydrogens is 296 g/mol. The summed E-state index contributed by atoms with van der Waals surface area (Å²) in [4.78, 5) is 1.18. The van der Waals surface area contributed by atoms with Crippen LogP contribution < -0.4 is 5.73 Å². The van der Waals surface area contributed by atoms with E-state index >= 15 is 0 Å². The molecule has 2 fully saturated rings. The molecule has 3 rings (SSSR count). The van der Waals surface area contributed by atoms with Gasteiger partial charge in [0.25, 0.3) is 0 Å². The van der Waals surface area contributed by atoms with Crippen LogP contribution in [0.5, 0.6) is 0 Å². The summed E-state index contributed by atoms with van der Waals surface area (Å²) in [6.07, 6.45) is 2.96. The summed E-state index contributed by atoms with van der Waals surface area (Å²) < 4.78 is 33.4. The molecule has 0 amide bonds. The van der Waals surface area contributed by atoms with Crippen LogP contribution in [0, 0.1) is 6.92 Å². The molecule has 2 unspecified atom stereocenters. The Morgan fingerprint density at radius 2 is 2.30 bits per heavy atom. The Bertz CT molecular complexity index is 597. The van der Waals surface area contributed by atoms with E-state index in [-0.39, 0.29) is 18.7 Å². The van der Waals surface area contributed by atoms with E-state index in [2.05, 4.69) is 0 Å². The molecule has 1 aliphatic carbocycles. The molecule has 112 valence electrons. The zero-order valence-electron chi connectivity index (χ0n) is 11.5. The minimum Gasteiger partial charge on any atom is -0.375 e. The molecule has 1 aromatic rings. The molecule has 2 N–H and O–H groups in total. The number of hydrogen-bond acceptors (Lipinski definition) is 5. The van der Waals surface area contributed by atoms with Crippen molar-refractivity contribution in [3.8, 4) is 0 Å². The molecule has 0 aromatic carbocycles. The number of ether oxygens (including phenoxy) is 1. The number of nitrogens with two attached hydrogens (primary N) is 1. The average molecular weight is 316 g/mol. The van der Waals surface area contributed by atoms with Crippen molar-refractivity contribution in [3.63, 3.8) is 0 Å². The predicted molar refractivity (Wildman–Crippen MR) is 78.2 cm³/mol. The third-order valence-corrected chi connectivity index (χ3v) is 7.58. The van der Waals surface area contributed by atoms with Crippen molar-refractivity contribution in [2.75, 3.05) is 13.2 Å². The highest BCUT2D eigenvalue weighted by atomic mass is 32.2. The minimum absolute atomic E-state index is 0.00123. The smallest absolute Gasteiger partial charge is 0.244 e. The number of sulfonamides is 1. The summed E-state index contributed by atoms with van der Waals surface area (Å²) in [7, 11) is -3.46. The van der Waals surface area contributed by atoms with Crippen molar-refractivity contribution in [2.45, 2.75) is 49.8 Å². The molecule has 1 aliphatic heterocycles. The van der Waals surface area contributed by atoms with E-state index in [0.717, 1.165) is 29.7 Å². The monoisotopic (exact) mass is 316 g/mol. The van der Waals surface area contributed by atoms with E-state index in [1.165, 1.54) is 11.3 Å². The van der Waals surface area contributed by atoms with Gasteiger partial charge in [0, 0.05) is 18.0 Å². The molecule has 0 bridgehead atoms. The largest absolute Gasteiger partial charge is 0.375 e. The van der Waals surface area contributed by atoms with Crippen molar-refractivity contribution in [2.24, 2.45) is 5.73 Å². The summed E-state index contributed by atoms with van der Waals surface area (Å²) in [5.41, 5.74) is 6.50. The Kier molecular flexibility index (Phi) is 3.89. The fourth-order valence-electron chi connectivity index (χ4n) is 3.28. The van der Waals surface area contributed by atoms with Gasteiger partial charge in [-0.2, -0.15) is 4.31 Å². The molecule has 5 nitrogen and oxygen atoms in total. The summed E-state index contributed by atoms with van der Waals surface area (Å²) in [6.45, 7) is 3.05. The normalized spacial score (nSPS) is 27.7. The van der Waals surface area contributed by atoms with E-state index in [0.29, 0.717) is 18.0 Å². The average Bonchev–Trinajstić information content (AvgIpc) is 3.03. The molecule has 1 saturated heterocycles. The number of hydrogen-bond donors (Lipinski definition) is 1. The first-order valence-corrected chi connectivity index (χ1v) is 9.28. The van der Waals surface area contributed by atoms with Crippen LogP contribution in [0.2, 0.25) is 0 Å². The Labute approximate surface area is 123 Å². The van der Waals surface area contributed by atoms with E-state index in [9.17, 15) is 8.42 Å². The second kappa shape index (κ2) is 5.38. The quantitative estimate of drug-likeness (QED) is 0.916. The van der Waals surface area contributed by atoms with Gasteiger partial charge in [0.1, 0.15) is 4.90 Å². The third kappa shape index (κ3) is 2.21. The van der Waals surface area contributed by atoms with Crippen molar-refractivity contribution in [1.29, 1.82) is 0 Å². The Morgan fingerprint density at radius 1 is 1.50 bits per heavy atom. The maximum atomic E-state index is 13.0. The van der Waals surface area contributed by atoms with Gasteiger partial charge in [-0.05, 0) is 37.1 Å². The molecule has 2 aliphatic rings.